The maximum absolute atomic E-state index is 13.2. The number of rotatable bonds is 48. The van der Waals surface area contributed by atoms with Crippen LogP contribution in [0.5, 0.6) is 0 Å². The third-order valence-corrected chi connectivity index (χ3v) is 11.9. The van der Waals surface area contributed by atoms with E-state index < -0.39 is 18.2 Å². The van der Waals surface area contributed by atoms with Gasteiger partial charge in [-0.3, -0.25) is 9.59 Å². The number of allylic oxidation sites excluding steroid dienone is 16. The quantitative estimate of drug-likeness (QED) is 0.0321. The number of nitrogens with one attached hydrogen (secondary N) is 1. The van der Waals surface area contributed by atoms with E-state index in [4.69, 9.17) is 4.74 Å². The third-order valence-electron chi connectivity index (χ3n) is 11.9. The van der Waals surface area contributed by atoms with Gasteiger partial charge in [0.05, 0.1) is 25.2 Å². The molecule has 6 heteroatoms. The minimum absolute atomic E-state index is 0.0280. The van der Waals surface area contributed by atoms with Crippen LogP contribution in [0.15, 0.2) is 97.2 Å². The maximum Gasteiger partial charge on any atom is 0.306 e. The van der Waals surface area contributed by atoms with Crippen molar-refractivity contribution < 1.29 is 24.5 Å². The van der Waals surface area contributed by atoms with E-state index in [-0.39, 0.29) is 31.3 Å². The first-order valence-electron chi connectivity index (χ1n) is 27.5. The number of carbonyl (C=O) groups excluding carboxylic acids is 2. The molecule has 3 atom stereocenters. The molecule has 0 aliphatic carbocycles. The summed E-state index contributed by atoms with van der Waals surface area (Å²) in [6.45, 7) is 6.24. The highest BCUT2D eigenvalue weighted by Gasteiger charge is 2.24. The summed E-state index contributed by atoms with van der Waals surface area (Å²) in [6, 6.07) is -0.730. The standard InChI is InChI=1S/C60H103NO5/c1-4-7-10-13-16-19-22-25-28-30-31-34-37-40-43-46-49-52-58(63)57(55-62)61-59(64)54-56(51-48-45-42-39-36-33-27-24-21-18-15-12-9-6-3)66-60(65)53-50-47-44-41-38-35-32-29-26-23-20-17-14-11-8-5-2/h8-9,11-12,17-18,20-21,26-27,29,33,35,38,44,47,56-58,62-63H,4-7,10,13-16,19,22-25,28,30-32,34,36-37,39-43,45-46,48-55H2,1-3H3,(H,61,64)/b11-8+,12-9+,20-17+,21-18+,29-26+,33-27+,38-35+,47-44+. The van der Waals surface area contributed by atoms with Crippen molar-refractivity contribution in [3.8, 4) is 0 Å². The number of esters is 1. The first kappa shape index (κ1) is 62.8. The Morgan fingerprint density at radius 2 is 0.818 bits per heavy atom. The lowest BCUT2D eigenvalue weighted by Crippen LogP contribution is -2.46. The Labute approximate surface area is 407 Å². The van der Waals surface area contributed by atoms with E-state index in [0.29, 0.717) is 19.3 Å². The molecule has 0 saturated heterocycles. The van der Waals surface area contributed by atoms with Gasteiger partial charge in [0.25, 0.3) is 0 Å². The Kier molecular flexibility index (Phi) is 50.2. The Morgan fingerprint density at radius 1 is 0.455 bits per heavy atom. The van der Waals surface area contributed by atoms with Crippen LogP contribution in [-0.4, -0.2) is 46.9 Å². The average molecular weight is 918 g/mol. The van der Waals surface area contributed by atoms with Gasteiger partial charge in [0.15, 0.2) is 0 Å². The molecule has 0 spiro atoms. The second kappa shape index (κ2) is 52.7. The van der Waals surface area contributed by atoms with Gasteiger partial charge in [-0.25, -0.2) is 0 Å². The Balaban J connectivity index is 4.67. The first-order valence-corrected chi connectivity index (χ1v) is 27.5. The van der Waals surface area contributed by atoms with E-state index in [9.17, 15) is 19.8 Å². The van der Waals surface area contributed by atoms with Gasteiger partial charge >= 0.3 is 5.97 Å². The smallest absolute Gasteiger partial charge is 0.306 e. The molecule has 378 valence electrons. The SMILES string of the molecule is CC/C=C/C/C=C/C/C=C/C/C=C/C/C=C/CCC(=O)OC(CCCCCC/C=C/C/C=C/C/C=C/CC)CC(=O)NC(CO)C(O)CCCCCCCCCCCCCCCCCCC. The fraction of sp³-hybridized carbons (Fsp3) is 0.700. The van der Waals surface area contributed by atoms with Crippen LogP contribution in [0.4, 0.5) is 0 Å². The van der Waals surface area contributed by atoms with Crippen molar-refractivity contribution in [1.82, 2.24) is 5.32 Å². The summed E-state index contributed by atoms with van der Waals surface area (Å²) in [6.07, 6.45) is 70.5. The van der Waals surface area contributed by atoms with Crippen molar-refractivity contribution >= 4 is 11.9 Å². The normalized spacial score (nSPS) is 14.0. The van der Waals surface area contributed by atoms with Gasteiger partial charge in [0, 0.05) is 6.42 Å². The van der Waals surface area contributed by atoms with Gasteiger partial charge in [-0.05, 0) is 89.9 Å². The highest BCUT2D eigenvalue weighted by Crippen LogP contribution is 2.17. The van der Waals surface area contributed by atoms with E-state index in [1.807, 2.05) is 6.08 Å². The number of hydrogen-bond acceptors (Lipinski definition) is 5. The molecule has 0 radical (unpaired) electrons. The molecule has 6 nitrogen and oxygen atoms in total. The van der Waals surface area contributed by atoms with Crippen molar-refractivity contribution in [3.05, 3.63) is 97.2 Å². The molecular weight excluding hydrogens is 815 g/mol. The molecule has 3 N–H and O–H groups in total. The van der Waals surface area contributed by atoms with Gasteiger partial charge in [-0.1, -0.05) is 240 Å². The van der Waals surface area contributed by atoms with Gasteiger partial charge in [0.2, 0.25) is 5.91 Å². The predicted molar refractivity (Wildman–Crippen MR) is 287 cm³/mol. The van der Waals surface area contributed by atoms with Crippen LogP contribution in [0.1, 0.15) is 245 Å². The molecule has 0 aromatic heterocycles. The van der Waals surface area contributed by atoms with Gasteiger partial charge < -0.3 is 20.3 Å². The molecular formula is C60H103NO5. The van der Waals surface area contributed by atoms with Crippen LogP contribution in [0, 0.1) is 0 Å². The number of carbonyl (C=O) groups is 2. The average Bonchev–Trinajstić information content (AvgIpc) is 3.31. The van der Waals surface area contributed by atoms with E-state index in [1.54, 1.807) is 0 Å². The van der Waals surface area contributed by atoms with E-state index >= 15 is 0 Å². The molecule has 0 heterocycles. The molecule has 3 unspecified atom stereocenters. The lowest BCUT2D eigenvalue weighted by Gasteiger charge is -2.24. The molecule has 1 amide bonds. The highest BCUT2D eigenvalue weighted by atomic mass is 16.5. The molecule has 0 aromatic rings. The van der Waals surface area contributed by atoms with Crippen molar-refractivity contribution in [3.63, 3.8) is 0 Å². The van der Waals surface area contributed by atoms with Crippen LogP contribution in [0.2, 0.25) is 0 Å². The monoisotopic (exact) mass is 918 g/mol. The van der Waals surface area contributed by atoms with E-state index in [1.165, 1.54) is 89.9 Å². The third kappa shape index (κ3) is 47.3. The van der Waals surface area contributed by atoms with Crippen molar-refractivity contribution in [2.45, 2.75) is 264 Å². The van der Waals surface area contributed by atoms with Crippen LogP contribution >= 0.6 is 0 Å². The van der Waals surface area contributed by atoms with Crippen LogP contribution < -0.4 is 5.32 Å². The van der Waals surface area contributed by atoms with Gasteiger partial charge in [0.1, 0.15) is 6.10 Å². The predicted octanol–water partition coefficient (Wildman–Crippen LogP) is 16.9. The van der Waals surface area contributed by atoms with E-state index in [0.717, 1.165) is 103 Å². The minimum atomic E-state index is -0.812. The molecule has 0 saturated carbocycles. The topological polar surface area (TPSA) is 95.9 Å². The van der Waals surface area contributed by atoms with Crippen LogP contribution in [-0.2, 0) is 14.3 Å². The van der Waals surface area contributed by atoms with Crippen LogP contribution in [0.25, 0.3) is 0 Å². The summed E-state index contributed by atoms with van der Waals surface area (Å²) >= 11 is 0. The number of ether oxygens (including phenoxy) is 1. The van der Waals surface area contributed by atoms with Crippen molar-refractivity contribution in [1.29, 1.82) is 0 Å². The zero-order valence-corrected chi connectivity index (χ0v) is 43.0. The van der Waals surface area contributed by atoms with E-state index in [2.05, 4.69) is 117 Å². The first-order chi connectivity index (χ1) is 32.5. The molecule has 0 aromatic carbocycles. The fourth-order valence-corrected chi connectivity index (χ4v) is 7.85. The summed E-state index contributed by atoms with van der Waals surface area (Å²) in [5.41, 5.74) is 0. The summed E-state index contributed by atoms with van der Waals surface area (Å²) in [4.78, 5) is 26.2. The number of aliphatic hydroxyl groups is 2. The minimum Gasteiger partial charge on any atom is -0.462 e. The molecule has 0 aliphatic heterocycles. The maximum atomic E-state index is 13.2. The Bertz CT molecular complexity index is 1310. The lowest BCUT2D eigenvalue weighted by atomic mass is 10.0. The number of aliphatic hydroxyl groups excluding tert-OH is 2. The van der Waals surface area contributed by atoms with Gasteiger partial charge in [-0.15, -0.1) is 0 Å². The molecule has 0 aliphatic rings. The zero-order chi connectivity index (χ0) is 48.1. The second-order valence-corrected chi connectivity index (χ2v) is 18.2. The molecule has 0 rings (SSSR count). The number of unbranched alkanes of at least 4 members (excludes halogenated alkanes) is 20. The summed E-state index contributed by atoms with van der Waals surface area (Å²) < 4.78 is 5.89. The largest absolute Gasteiger partial charge is 0.462 e. The molecule has 0 bridgehead atoms. The Hall–Kier alpha value is -3.22. The summed E-state index contributed by atoms with van der Waals surface area (Å²) in [5.74, 6) is -0.599. The number of amides is 1. The highest BCUT2D eigenvalue weighted by molar-refractivity contribution is 5.77. The Morgan fingerprint density at radius 3 is 1.24 bits per heavy atom. The number of hydrogen-bond donors (Lipinski definition) is 3. The second-order valence-electron chi connectivity index (χ2n) is 18.2. The van der Waals surface area contributed by atoms with Crippen molar-refractivity contribution in [2.75, 3.05) is 6.61 Å². The molecule has 66 heavy (non-hydrogen) atoms. The summed E-state index contributed by atoms with van der Waals surface area (Å²) in [5, 5.41) is 23.8. The van der Waals surface area contributed by atoms with Gasteiger partial charge in [-0.2, -0.15) is 0 Å². The molecule has 0 fully saturated rings. The zero-order valence-electron chi connectivity index (χ0n) is 43.0. The summed E-state index contributed by atoms with van der Waals surface area (Å²) in [7, 11) is 0. The lowest BCUT2D eigenvalue weighted by molar-refractivity contribution is -0.150. The van der Waals surface area contributed by atoms with Crippen LogP contribution in [0.3, 0.4) is 0 Å². The fourth-order valence-electron chi connectivity index (χ4n) is 7.85. The van der Waals surface area contributed by atoms with Crippen molar-refractivity contribution in [2.24, 2.45) is 0 Å².